The van der Waals surface area contributed by atoms with E-state index in [9.17, 15) is 9.90 Å². The van der Waals surface area contributed by atoms with E-state index in [1.165, 1.54) is 20.3 Å². The van der Waals surface area contributed by atoms with E-state index in [2.05, 4.69) is 20.7 Å². The summed E-state index contributed by atoms with van der Waals surface area (Å²) < 4.78 is 9.91. The van der Waals surface area contributed by atoms with Crippen molar-refractivity contribution < 1.29 is 19.4 Å². The van der Waals surface area contributed by atoms with Gasteiger partial charge in [-0.2, -0.15) is 0 Å². The van der Waals surface area contributed by atoms with E-state index in [1.807, 2.05) is 0 Å². The maximum atomic E-state index is 11.3. The molecule has 0 radical (unpaired) electrons. The van der Waals surface area contributed by atoms with Gasteiger partial charge in [-0.1, -0.05) is 0 Å². The second-order valence-corrected chi connectivity index (χ2v) is 3.90. The highest BCUT2D eigenvalue weighted by Gasteiger charge is 2.22. The highest BCUT2D eigenvalue weighted by atomic mass is 79.9. The van der Waals surface area contributed by atoms with Gasteiger partial charge in [0.2, 0.25) is 0 Å². The number of aromatic hydroxyl groups is 1. The van der Waals surface area contributed by atoms with Gasteiger partial charge >= 0.3 is 5.97 Å². The quantitative estimate of drug-likeness (QED) is 0.821. The number of phenols is 1. The summed E-state index contributed by atoms with van der Waals surface area (Å²) in [6.07, 6.45) is 0. The molecule has 5 nitrogen and oxygen atoms in total. The van der Waals surface area contributed by atoms with Crippen LogP contribution in [0.1, 0.15) is 11.6 Å². The Labute approximate surface area is 101 Å². The van der Waals surface area contributed by atoms with Gasteiger partial charge in [-0.25, -0.2) is 0 Å². The molecule has 0 fully saturated rings. The number of phenolic OH excluding ortho intramolecular Hbond substituents is 1. The summed E-state index contributed by atoms with van der Waals surface area (Å²) in [7, 11) is 2.71. The SMILES string of the molecule is COC(=O)[C@@H](N)c1cc(OC)cc(Br)c1O. The number of halogens is 1. The average Bonchev–Trinajstić information content (AvgIpc) is 2.30. The lowest BCUT2D eigenvalue weighted by Gasteiger charge is -2.13. The Bertz CT molecular complexity index is 408. The molecule has 0 aliphatic heterocycles. The first kappa shape index (κ1) is 12.8. The van der Waals surface area contributed by atoms with Crippen LogP contribution in [0.4, 0.5) is 0 Å². The monoisotopic (exact) mass is 289 g/mol. The van der Waals surface area contributed by atoms with Crippen LogP contribution in [0.15, 0.2) is 16.6 Å². The minimum absolute atomic E-state index is 0.0984. The van der Waals surface area contributed by atoms with Crippen molar-refractivity contribution in [1.29, 1.82) is 0 Å². The van der Waals surface area contributed by atoms with E-state index in [0.29, 0.717) is 10.2 Å². The molecular formula is C10H12BrNO4. The zero-order valence-electron chi connectivity index (χ0n) is 8.86. The van der Waals surface area contributed by atoms with Gasteiger partial charge in [0.1, 0.15) is 17.5 Å². The van der Waals surface area contributed by atoms with Crippen LogP contribution >= 0.6 is 15.9 Å². The van der Waals surface area contributed by atoms with Crippen molar-refractivity contribution in [1.82, 2.24) is 0 Å². The number of esters is 1. The Morgan fingerprint density at radius 3 is 2.62 bits per heavy atom. The standard InChI is InChI=1S/C10H12BrNO4/c1-15-5-3-6(8(12)10(14)16-2)9(13)7(11)4-5/h3-4,8,13H,12H2,1-2H3/t8-/m0/s1. The summed E-state index contributed by atoms with van der Waals surface area (Å²) in [6.45, 7) is 0. The van der Waals surface area contributed by atoms with Gasteiger partial charge in [0, 0.05) is 5.56 Å². The van der Waals surface area contributed by atoms with Gasteiger partial charge in [0.15, 0.2) is 0 Å². The van der Waals surface area contributed by atoms with E-state index >= 15 is 0 Å². The zero-order chi connectivity index (χ0) is 12.3. The van der Waals surface area contributed by atoms with Crippen LogP contribution in [-0.2, 0) is 9.53 Å². The Balaban J connectivity index is 3.21. The normalized spacial score (nSPS) is 12.0. The largest absolute Gasteiger partial charge is 0.506 e. The highest BCUT2D eigenvalue weighted by Crippen LogP contribution is 2.35. The Morgan fingerprint density at radius 2 is 2.12 bits per heavy atom. The molecule has 0 saturated heterocycles. The van der Waals surface area contributed by atoms with Gasteiger partial charge in [-0.05, 0) is 28.1 Å². The van der Waals surface area contributed by atoms with Crippen molar-refractivity contribution in [2.75, 3.05) is 14.2 Å². The molecule has 0 aliphatic rings. The number of ether oxygens (including phenoxy) is 2. The number of methoxy groups -OCH3 is 2. The average molecular weight is 290 g/mol. The van der Waals surface area contributed by atoms with Gasteiger partial charge < -0.3 is 20.3 Å². The van der Waals surface area contributed by atoms with Crippen LogP contribution in [0, 0.1) is 0 Å². The predicted octanol–water partition coefficient (Wildman–Crippen LogP) is 1.34. The molecule has 0 aliphatic carbocycles. The number of rotatable bonds is 3. The maximum absolute atomic E-state index is 11.3. The van der Waals surface area contributed by atoms with Crippen molar-refractivity contribution in [3.63, 3.8) is 0 Å². The topological polar surface area (TPSA) is 81.8 Å². The predicted molar refractivity (Wildman–Crippen MR) is 61.3 cm³/mol. The summed E-state index contributed by atoms with van der Waals surface area (Å²) >= 11 is 3.14. The molecule has 0 bridgehead atoms. The minimum Gasteiger partial charge on any atom is -0.506 e. The molecule has 1 aromatic rings. The maximum Gasteiger partial charge on any atom is 0.327 e. The molecule has 1 atom stereocenters. The lowest BCUT2D eigenvalue weighted by Crippen LogP contribution is -2.22. The molecular weight excluding hydrogens is 278 g/mol. The molecule has 16 heavy (non-hydrogen) atoms. The molecule has 1 aromatic carbocycles. The van der Waals surface area contributed by atoms with Gasteiger partial charge in [-0.15, -0.1) is 0 Å². The fourth-order valence-corrected chi connectivity index (χ4v) is 1.66. The Hall–Kier alpha value is -1.27. The number of nitrogens with two attached hydrogens (primary N) is 1. The molecule has 1 rings (SSSR count). The first-order chi connectivity index (χ1) is 7.51. The van der Waals surface area contributed by atoms with E-state index < -0.39 is 12.0 Å². The third kappa shape index (κ3) is 2.45. The van der Waals surface area contributed by atoms with Gasteiger partial charge in [0.25, 0.3) is 0 Å². The van der Waals surface area contributed by atoms with Crippen molar-refractivity contribution >= 4 is 21.9 Å². The van der Waals surface area contributed by atoms with Crippen molar-refractivity contribution in [3.05, 3.63) is 22.2 Å². The number of benzene rings is 1. The summed E-state index contributed by atoms with van der Waals surface area (Å²) in [5, 5.41) is 9.74. The molecule has 3 N–H and O–H groups in total. The Kier molecular flexibility index (Phi) is 4.14. The fraction of sp³-hybridized carbons (Fsp3) is 0.300. The fourth-order valence-electron chi connectivity index (χ4n) is 1.20. The van der Waals surface area contributed by atoms with Crippen molar-refractivity contribution in [2.24, 2.45) is 5.73 Å². The van der Waals surface area contributed by atoms with Crippen LogP contribution in [0.3, 0.4) is 0 Å². The smallest absolute Gasteiger partial charge is 0.327 e. The second-order valence-electron chi connectivity index (χ2n) is 3.05. The third-order valence-corrected chi connectivity index (χ3v) is 2.70. The number of carbonyl (C=O) groups excluding carboxylic acids is 1. The summed E-state index contributed by atoms with van der Waals surface area (Å²) in [5.74, 6) is -0.242. The van der Waals surface area contributed by atoms with Crippen LogP contribution < -0.4 is 10.5 Å². The zero-order valence-corrected chi connectivity index (χ0v) is 10.4. The highest BCUT2D eigenvalue weighted by molar-refractivity contribution is 9.10. The molecule has 0 amide bonds. The summed E-state index contributed by atoms with van der Waals surface area (Å²) in [4.78, 5) is 11.3. The number of hydrogen-bond donors (Lipinski definition) is 2. The van der Waals surface area contributed by atoms with Crippen molar-refractivity contribution in [3.8, 4) is 11.5 Å². The van der Waals surface area contributed by atoms with Gasteiger partial charge in [-0.3, -0.25) is 4.79 Å². The Morgan fingerprint density at radius 1 is 1.50 bits per heavy atom. The number of hydrogen-bond acceptors (Lipinski definition) is 5. The lowest BCUT2D eigenvalue weighted by atomic mass is 10.1. The van der Waals surface area contributed by atoms with E-state index in [1.54, 1.807) is 6.07 Å². The van der Waals surface area contributed by atoms with Crippen LogP contribution in [0.25, 0.3) is 0 Å². The summed E-state index contributed by atoms with van der Waals surface area (Å²) in [5.41, 5.74) is 5.88. The first-order valence-electron chi connectivity index (χ1n) is 4.41. The van der Waals surface area contributed by atoms with E-state index in [-0.39, 0.29) is 11.3 Å². The van der Waals surface area contributed by atoms with Gasteiger partial charge in [0.05, 0.1) is 18.7 Å². The molecule has 88 valence electrons. The molecule has 6 heteroatoms. The second kappa shape index (κ2) is 5.18. The van der Waals surface area contributed by atoms with Crippen LogP contribution in [0.5, 0.6) is 11.5 Å². The van der Waals surface area contributed by atoms with Crippen LogP contribution in [0.2, 0.25) is 0 Å². The first-order valence-corrected chi connectivity index (χ1v) is 5.20. The van der Waals surface area contributed by atoms with E-state index in [4.69, 9.17) is 10.5 Å². The van der Waals surface area contributed by atoms with Crippen LogP contribution in [-0.4, -0.2) is 25.3 Å². The van der Waals surface area contributed by atoms with E-state index in [0.717, 1.165) is 0 Å². The number of carbonyl (C=O) groups is 1. The molecule has 0 aromatic heterocycles. The minimum atomic E-state index is -1.05. The molecule has 0 saturated carbocycles. The lowest BCUT2D eigenvalue weighted by molar-refractivity contribution is -0.142. The van der Waals surface area contributed by atoms with Crippen molar-refractivity contribution in [2.45, 2.75) is 6.04 Å². The molecule has 0 unspecified atom stereocenters. The summed E-state index contributed by atoms with van der Waals surface area (Å²) in [6, 6.07) is 2.02. The third-order valence-electron chi connectivity index (χ3n) is 2.09. The molecule has 0 spiro atoms. The molecule has 0 heterocycles.